The van der Waals surface area contributed by atoms with Crippen molar-refractivity contribution in [3.63, 3.8) is 0 Å². The van der Waals surface area contributed by atoms with Crippen molar-refractivity contribution >= 4 is 33.5 Å². The van der Waals surface area contributed by atoms with Gasteiger partial charge in [0.25, 0.3) is 0 Å². The van der Waals surface area contributed by atoms with E-state index >= 15 is 0 Å². The van der Waals surface area contributed by atoms with Crippen LogP contribution >= 0.6 is 22.6 Å². The molecule has 2 heterocycles. The Kier molecular flexibility index (Phi) is 5.38. The van der Waals surface area contributed by atoms with Crippen molar-refractivity contribution < 1.29 is 13.5 Å². The van der Waals surface area contributed by atoms with Crippen LogP contribution in [0.1, 0.15) is 17.0 Å². The molecule has 0 saturated carbocycles. The quantitative estimate of drug-likeness (QED) is 0.249. The number of H-pyrrole nitrogens is 2. The van der Waals surface area contributed by atoms with Gasteiger partial charge in [0.15, 0.2) is 17.4 Å². The zero-order chi connectivity index (χ0) is 22.2. The van der Waals surface area contributed by atoms with E-state index in [2.05, 4.69) is 48.8 Å². The van der Waals surface area contributed by atoms with Gasteiger partial charge in [0, 0.05) is 38.7 Å². The Morgan fingerprint density at radius 2 is 1.91 bits per heavy atom. The highest BCUT2D eigenvalue weighted by atomic mass is 127. The lowest BCUT2D eigenvalue weighted by molar-refractivity contribution is 0.439. The van der Waals surface area contributed by atoms with Crippen LogP contribution in [0.15, 0.2) is 60.8 Å². The second-order valence-corrected chi connectivity index (χ2v) is 8.65. The Hall–Kier alpha value is -3.27. The Balaban J connectivity index is 1.44. The van der Waals surface area contributed by atoms with E-state index in [9.17, 15) is 8.78 Å². The van der Waals surface area contributed by atoms with Gasteiger partial charge in [0.2, 0.25) is 0 Å². The van der Waals surface area contributed by atoms with Crippen LogP contribution in [-0.2, 0) is 6.42 Å². The third-order valence-corrected chi connectivity index (χ3v) is 5.87. The summed E-state index contributed by atoms with van der Waals surface area (Å²) in [5, 5.41) is 7.90. The standard InChI is InChI=1S/C24H17F2IN4O/c1-13-17-7-8-28-21(17)12-20(26)23(13)32-16-5-6-19(25)18(11-16)24-29-22(30-31-24)10-14-3-2-4-15(27)9-14/h2-9,11-12,28H,10H2,1H3,(H,29,30,31). The van der Waals surface area contributed by atoms with Gasteiger partial charge < -0.3 is 9.72 Å². The number of rotatable bonds is 5. The fraction of sp³-hybridized carbons (Fsp3) is 0.0833. The molecule has 0 radical (unpaired) electrons. The normalized spacial score (nSPS) is 11.2. The number of benzene rings is 3. The van der Waals surface area contributed by atoms with E-state index in [1.807, 2.05) is 24.3 Å². The smallest absolute Gasteiger partial charge is 0.184 e. The molecule has 0 spiro atoms. The molecule has 0 bridgehead atoms. The number of aromatic amines is 2. The minimum absolute atomic E-state index is 0.101. The van der Waals surface area contributed by atoms with Crippen LogP contribution in [0.4, 0.5) is 8.78 Å². The molecule has 2 N–H and O–H groups in total. The number of nitrogens with zero attached hydrogens (tertiary/aromatic N) is 2. The maximum atomic E-state index is 14.6. The minimum Gasteiger partial charge on any atom is -0.454 e. The molecule has 0 aliphatic rings. The number of hydrogen-bond donors (Lipinski definition) is 2. The molecular formula is C24H17F2IN4O. The van der Waals surface area contributed by atoms with Crippen LogP contribution < -0.4 is 4.74 Å². The van der Waals surface area contributed by atoms with Gasteiger partial charge in [-0.25, -0.2) is 13.8 Å². The first-order chi connectivity index (χ1) is 15.5. The van der Waals surface area contributed by atoms with Crippen LogP contribution in [0.3, 0.4) is 0 Å². The third kappa shape index (κ3) is 3.97. The summed E-state index contributed by atoms with van der Waals surface area (Å²) in [5.74, 6) is 0.238. The number of halogens is 3. The van der Waals surface area contributed by atoms with Crippen molar-refractivity contribution in [1.82, 2.24) is 20.2 Å². The first-order valence-corrected chi connectivity index (χ1v) is 11.0. The molecular weight excluding hydrogens is 525 g/mol. The van der Waals surface area contributed by atoms with Crippen LogP contribution in [0.25, 0.3) is 22.3 Å². The lowest BCUT2D eigenvalue weighted by Gasteiger charge is -2.12. The molecule has 5 aromatic rings. The van der Waals surface area contributed by atoms with Crippen LogP contribution in [0.2, 0.25) is 0 Å². The molecule has 0 atom stereocenters. The monoisotopic (exact) mass is 542 g/mol. The molecule has 160 valence electrons. The second-order valence-electron chi connectivity index (χ2n) is 7.41. The SMILES string of the molecule is Cc1c(Oc2ccc(F)c(-c3n[nH]c(Cc4cccc(I)c4)n3)c2)c(F)cc2[nH]ccc12. The van der Waals surface area contributed by atoms with Gasteiger partial charge in [-0.2, -0.15) is 5.10 Å². The number of nitrogens with one attached hydrogen (secondary N) is 2. The van der Waals surface area contributed by atoms with Gasteiger partial charge in [0.05, 0.1) is 5.56 Å². The molecule has 0 aliphatic heterocycles. The van der Waals surface area contributed by atoms with E-state index in [1.165, 1.54) is 24.3 Å². The molecule has 0 fully saturated rings. The van der Waals surface area contributed by atoms with Crippen LogP contribution in [0, 0.1) is 22.1 Å². The zero-order valence-electron chi connectivity index (χ0n) is 16.9. The third-order valence-electron chi connectivity index (χ3n) is 5.20. The van der Waals surface area contributed by atoms with Gasteiger partial charge in [-0.15, -0.1) is 0 Å². The Morgan fingerprint density at radius 1 is 1.03 bits per heavy atom. The molecule has 0 saturated heterocycles. The molecule has 5 nitrogen and oxygen atoms in total. The lowest BCUT2D eigenvalue weighted by Crippen LogP contribution is -1.95. The highest BCUT2D eigenvalue weighted by Crippen LogP contribution is 2.35. The highest BCUT2D eigenvalue weighted by molar-refractivity contribution is 14.1. The van der Waals surface area contributed by atoms with Gasteiger partial charge in [-0.05, 0) is 71.5 Å². The predicted octanol–water partition coefficient (Wildman–Crippen LogP) is 6.53. The summed E-state index contributed by atoms with van der Waals surface area (Å²) in [4.78, 5) is 7.43. The number of aromatic nitrogens is 4. The molecule has 3 aromatic carbocycles. The molecule has 8 heteroatoms. The van der Waals surface area contributed by atoms with Gasteiger partial charge in [-0.1, -0.05) is 12.1 Å². The van der Waals surface area contributed by atoms with E-state index in [-0.39, 0.29) is 17.1 Å². The van der Waals surface area contributed by atoms with Crippen LogP contribution in [0.5, 0.6) is 11.5 Å². The maximum Gasteiger partial charge on any atom is 0.184 e. The summed E-state index contributed by atoms with van der Waals surface area (Å²) in [7, 11) is 0. The zero-order valence-corrected chi connectivity index (χ0v) is 19.1. The molecule has 32 heavy (non-hydrogen) atoms. The first-order valence-electron chi connectivity index (χ1n) is 9.87. The predicted molar refractivity (Wildman–Crippen MR) is 127 cm³/mol. The van der Waals surface area contributed by atoms with Crippen molar-refractivity contribution in [2.24, 2.45) is 0 Å². The van der Waals surface area contributed by atoms with Crippen LogP contribution in [-0.4, -0.2) is 20.2 Å². The summed E-state index contributed by atoms with van der Waals surface area (Å²) in [6.07, 6.45) is 2.29. The van der Waals surface area contributed by atoms with Gasteiger partial charge in [-0.3, -0.25) is 5.10 Å². The molecule has 0 aliphatic carbocycles. The number of hydrogen-bond acceptors (Lipinski definition) is 3. The Morgan fingerprint density at radius 3 is 2.75 bits per heavy atom. The average Bonchev–Trinajstić information content (AvgIpc) is 3.42. The maximum absolute atomic E-state index is 14.6. The first kappa shape index (κ1) is 20.6. The van der Waals surface area contributed by atoms with E-state index in [0.29, 0.717) is 29.1 Å². The summed E-state index contributed by atoms with van der Waals surface area (Å²) in [6, 6.07) is 15.5. The van der Waals surface area contributed by atoms with Crippen molar-refractivity contribution in [2.45, 2.75) is 13.3 Å². The molecule has 0 amide bonds. The minimum atomic E-state index is -0.499. The van der Waals surface area contributed by atoms with Crippen molar-refractivity contribution in [3.05, 3.63) is 93.0 Å². The number of aryl methyl sites for hydroxylation is 1. The van der Waals surface area contributed by atoms with Crippen molar-refractivity contribution in [3.8, 4) is 22.9 Å². The fourth-order valence-electron chi connectivity index (χ4n) is 3.64. The summed E-state index contributed by atoms with van der Waals surface area (Å²) >= 11 is 2.25. The average molecular weight is 542 g/mol. The fourth-order valence-corrected chi connectivity index (χ4v) is 4.25. The highest BCUT2D eigenvalue weighted by Gasteiger charge is 2.17. The lowest BCUT2D eigenvalue weighted by atomic mass is 10.1. The Bertz CT molecular complexity index is 1440. The summed E-state index contributed by atoms with van der Waals surface area (Å²) in [5.41, 5.74) is 2.59. The molecule has 2 aromatic heterocycles. The Labute approximate surface area is 196 Å². The van der Waals surface area contributed by atoms with Crippen molar-refractivity contribution in [1.29, 1.82) is 0 Å². The largest absolute Gasteiger partial charge is 0.454 e. The summed E-state index contributed by atoms with van der Waals surface area (Å²) in [6.45, 7) is 1.78. The van der Waals surface area contributed by atoms with E-state index < -0.39 is 11.6 Å². The topological polar surface area (TPSA) is 66.6 Å². The number of ether oxygens (including phenoxy) is 1. The van der Waals surface area contributed by atoms with Gasteiger partial charge in [0.1, 0.15) is 17.4 Å². The second kappa shape index (κ2) is 8.34. The molecule has 0 unspecified atom stereocenters. The number of fused-ring (bicyclic) bond motifs is 1. The van der Waals surface area contributed by atoms with E-state index in [0.717, 1.165) is 14.5 Å². The van der Waals surface area contributed by atoms with E-state index in [4.69, 9.17) is 4.74 Å². The van der Waals surface area contributed by atoms with Gasteiger partial charge >= 0.3 is 0 Å². The van der Waals surface area contributed by atoms with E-state index in [1.54, 1.807) is 13.1 Å². The van der Waals surface area contributed by atoms with Crippen molar-refractivity contribution in [2.75, 3.05) is 0 Å². The summed E-state index contributed by atoms with van der Waals surface area (Å²) < 4.78 is 36.2. The molecule has 5 rings (SSSR count).